The molecule has 10 nitrogen and oxygen atoms in total. The van der Waals surface area contributed by atoms with E-state index in [4.69, 9.17) is 0 Å². The van der Waals surface area contributed by atoms with Crippen LogP contribution in [0.5, 0.6) is 0 Å². The monoisotopic (exact) mass is 323 g/mol. The molecule has 0 aliphatic heterocycles. The highest BCUT2D eigenvalue weighted by Crippen LogP contribution is 2.00. The molecule has 0 fully saturated rings. The van der Waals surface area contributed by atoms with Gasteiger partial charge in [-0.3, -0.25) is 0 Å². The average molecular weight is 323 g/mol. The summed E-state index contributed by atoms with van der Waals surface area (Å²) in [6.07, 6.45) is 5.48. The van der Waals surface area contributed by atoms with Gasteiger partial charge in [-0.15, -0.1) is 0 Å². The lowest BCUT2D eigenvalue weighted by atomic mass is 10.2. The van der Waals surface area contributed by atoms with Crippen LogP contribution in [0, 0.1) is 0 Å². The van der Waals surface area contributed by atoms with Crippen molar-refractivity contribution < 1.29 is 9.59 Å². The van der Waals surface area contributed by atoms with E-state index in [-0.39, 0.29) is 6.54 Å². The maximum Gasteiger partial charge on any atom is 0.337 e. The SMILES string of the molecule is Cn1c(=O)n(CCCCCCN=C=O)c(=O)n(CN=C=O)c1=O. The second-order valence-corrected chi connectivity index (χ2v) is 4.76. The molecule has 0 saturated heterocycles. The minimum Gasteiger partial charge on any atom is -0.248 e. The zero-order valence-corrected chi connectivity index (χ0v) is 12.7. The normalized spacial score (nSPS) is 9.96. The molecular formula is C13H17N5O5. The largest absolute Gasteiger partial charge is 0.337 e. The first-order chi connectivity index (χ1) is 11.0. The summed E-state index contributed by atoms with van der Waals surface area (Å²) in [6.45, 7) is 0.0757. The Hall–Kier alpha value is -2.83. The van der Waals surface area contributed by atoms with Crippen molar-refractivity contribution in [2.45, 2.75) is 38.9 Å². The van der Waals surface area contributed by atoms with E-state index in [9.17, 15) is 24.0 Å². The van der Waals surface area contributed by atoms with Crippen LogP contribution < -0.4 is 17.1 Å². The summed E-state index contributed by atoms with van der Waals surface area (Å²) in [7, 11) is 1.25. The first-order valence-electron chi connectivity index (χ1n) is 7.02. The molecule has 0 atom stereocenters. The second-order valence-electron chi connectivity index (χ2n) is 4.76. The predicted octanol–water partition coefficient (Wildman–Crippen LogP) is -1.10. The third-order valence-electron chi connectivity index (χ3n) is 3.24. The minimum atomic E-state index is -0.832. The molecule has 0 saturated carbocycles. The zero-order valence-electron chi connectivity index (χ0n) is 12.7. The number of aromatic nitrogens is 3. The quantitative estimate of drug-likeness (QED) is 0.324. The van der Waals surface area contributed by atoms with Crippen molar-refractivity contribution in [1.29, 1.82) is 0 Å². The highest BCUT2D eigenvalue weighted by Gasteiger charge is 2.12. The maximum atomic E-state index is 12.1. The highest BCUT2D eigenvalue weighted by molar-refractivity contribution is 5.32. The van der Waals surface area contributed by atoms with E-state index in [0.29, 0.717) is 17.5 Å². The minimum absolute atomic E-state index is 0.146. The van der Waals surface area contributed by atoms with E-state index in [1.165, 1.54) is 19.2 Å². The summed E-state index contributed by atoms with van der Waals surface area (Å²) in [5.41, 5.74) is -2.35. The summed E-state index contributed by atoms with van der Waals surface area (Å²) in [5.74, 6) is 0. The van der Waals surface area contributed by atoms with Gasteiger partial charge in [-0.05, 0) is 12.8 Å². The van der Waals surface area contributed by atoms with Crippen molar-refractivity contribution in [2.24, 2.45) is 17.0 Å². The van der Waals surface area contributed by atoms with Gasteiger partial charge in [0.2, 0.25) is 12.2 Å². The van der Waals surface area contributed by atoms with Crippen molar-refractivity contribution in [2.75, 3.05) is 6.54 Å². The molecule has 0 aliphatic carbocycles. The fourth-order valence-electron chi connectivity index (χ4n) is 2.03. The Kier molecular flexibility index (Phi) is 7.32. The van der Waals surface area contributed by atoms with E-state index >= 15 is 0 Å². The Labute approximate surface area is 130 Å². The molecule has 0 aliphatic rings. The molecule has 1 heterocycles. The molecule has 0 aromatic carbocycles. The van der Waals surface area contributed by atoms with E-state index in [1.807, 2.05) is 0 Å². The van der Waals surface area contributed by atoms with Gasteiger partial charge < -0.3 is 0 Å². The zero-order chi connectivity index (χ0) is 17.2. The number of hydrogen-bond acceptors (Lipinski definition) is 7. The Bertz CT molecular complexity index is 806. The van der Waals surface area contributed by atoms with Crippen molar-refractivity contribution >= 4 is 12.2 Å². The van der Waals surface area contributed by atoms with Gasteiger partial charge in [0, 0.05) is 13.6 Å². The third kappa shape index (κ3) is 4.84. The average Bonchev–Trinajstić information content (AvgIpc) is 2.55. The van der Waals surface area contributed by atoms with Gasteiger partial charge in [0.15, 0.2) is 0 Å². The van der Waals surface area contributed by atoms with Gasteiger partial charge in [-0.1, -0.05) is 12.8 Å². The number of rotatable bonds is 9. The van der Waals surface area contributed by atoms with Crippen LogP contribution in [-0.4, -0.2) is 32.4 Å². The Morgan fingerprint density at radius 3 is 2.09 bits per heavy atom. The third-order valence-corrected chi connectivity index (χ3v) is 3.24. The van der Waals surface area contributed by atoms with Crippen LogP contribution in [0.25, 0.3) is 0 Å². The van der Waals surface area contributed by atoms with Crippen molar-refractivity contribution in [1.82, 2.24) is 13.7 Å². The van der Waals surface area contributed by atoms with Gasteiger partial charge in [-0.2, -0.15) is 4.99 Å². The second kappa shape index (κ2) is 9.24. The van der Waals surface area contributed by atoms with E-state index in [2.05, 4.69) is 9.98 Å². The molecule has 0 amide bonds. The molecule has 124 valence electrons. The molecule has 10 heteroatoms. The van der Waals surface area contributed by atoms with Gasteiger partial charge in [0.1, 0.15) is 6.67 Å². The van der Waals surface area contributed by atoms with E-state index < -0.39 is 23.7 Å². The molecule has 1 aromatic heterocycles. The maximum absolute atomic E-state index is 12.1. The molecule has 1 aromatic rings. The molecule has 0 unspecified atom stereocenters. The van der Waals surface area contributed by atoms with Crippen LogP contribution in [-0.2, 0) is 29.9 Å². The van der Waals surface area contributed by atoms with Gasteiger partial charge >= 0.3 is 17.1 Å². The number of carbonyl (C=O) groups excluding carboxylic acids is 2. The predicted molar refractivity (Wildman–Crippen MR) is 79.8 cm³/mol. The summed E-state index contributed by atoms with van der Waals surface area (Å²) in [5, 5.41) is 0. The summed E-state index contributed by atoms with van der Waals surface area (Å²) < 4.78 is 2.43. The molecule has 23 heavy (non-hydrogen) atoms. The number of aliphatic imine (C=N–C) groups is 2. The lowest BCUT2D eigenvalue weighted by Crippen LogP contribution is -2.53. The first kappa shape index (κ1) is 18.2. The lowest BCUT2D eigenvalue weighted by Gasteiger charge is -2.09. The van der Waals surface area contributed by atoms with E-state index in [0.717, 1.165) is 28.4 Å². The Balaban J connectivity index is 2.86. The standard InChI is InChI=1S/C13H17N5O5/c1-16-11(21)17(7-5-3-2-4-6-14-9-19)13(23)18(12(16)22)8-15-10-20/h2-8H2,1H3. The molecule has 0 N–H and O–H groups in total. The number of isocyanates is 2. The first-order valence-corrected chi connectivity index (χ1v) is 7.02. The van der Waals surface area contributed by atoms with Gasteiger partial charge in [-0.25, -0.2) is 42.7 Å². The fourth-order valence-corrected chi connectivity index (χ4v) is 2.03. The van der Waals surface area contributed by atoms with E-state index in [1.54, 1.807) is 0 Å². The summed E-state index contributed by atoms with van der Waals surface area (Å²) >= 11 is 0. The van der Waals surface area contributed by atoms with Crippen LogP contribution in [0.3, 0.4) is 0 Å². The molecule has 0 spiro atoms. The van der Waals surface area contributed by atoms with Gasteiger partial charge in [0.05, 0.1) is 6.54 Å². The molecule has 0 bridgehead atoms. The number of nitrogens with zero attached hydrogens (tertiary/aromatic N) is 5. The van der Waals surface area contributed by atoms with Crippen LogP contribution in [0.15, 0.2) is 24.4 Å². The lowest BCUT2D eigenvalue weighted by molar-refractivity contribution is 0.456. The van der Waals surface area contributed by atoms with Crippen molar-refractivity contribution in [3.8, 4) is 0 Å². The molecule has 0 radical (unpaired) electrons. The summed E-state index contributed by atoms with van der Waals surface area (Å²) in [4.78, 5) is 62.6. The molecule has 1 rings (SSSR count). The summed E-state index contributed by atoms with van der Waals surface area (Å²) in [6, 6.07) is 0. The van der Waals surface area contributed by atoms with Crippen LogP contribution in [0.1, 0.15) is 25.7 Å². The Morgan fingerprint density at radius 2 is 1.43 bits per heavy atom. The molecular weight excluding hydrogens is 306 g/mol. The van der Waals surface area contributed by atoms with Crippen molar-refractivity contribution in [3.05, 3.63) is 31.5 Å². The van der Waals surface area contributed by atoms with Crippen LogP contribution in [0.4, 0.5) is 0 Å². The van der Waals surface area contributed by atoms with Crippen molar-refractivity contribution in [3.63, 3.8) is 0 Å². The van der Waals surface area contributed by atoms with Crippen LogP contribution >= 0.6 is 0 Å². The highest BCUT2D eigenvalue weighted by atomic mass is 16.2. The topological polar surface area (TPSA) is 125 Å². The van der Waals surface area contributed by atoms with Gasteiger partial charge in [0.25, 0.3) is 0 Å². The number of unbranched alkanes of at least 4 members (excludes halogenated alkanes) is 3. The van der Waals surface area contributed by atoms with Crippen LogP contribution in [0.2, 0.25) is 0 Å². The number of hydrogen-bond donors (Lipinski definition) is 0. The fraction of sp³-hybridized carbons (Fsp3) is 0.615. The smallest absolute Gasteiger partial charge is 0.248 e. The Morgan fingerprint density at radius 1 is 0.826 bits per heavy atom.